The predicted octanol–water partition coefficient (Wildman–Crippen LogP) is 0.533. The molecule has 1 aliphatic rings. The maximum absolute atomic E-state index is 15.0. The number of nitrogens with two attached hydrogens (primary N) is 8. The highest BCUT2D eigenvalue weighted by Crippen LogP contribution is 2.24. The van der Waals surface area contributed by atoms with Crippen LogP contribution in [0.1, 0.15) is 316 Å². The van der Waals surface area contributed by atoms with Crippen molar-refractivity contribution in [1.29, 1.82) is 0 Å². The lowest BCUT2D eigenvalue weighted by Gasteiger charge is -2.32. The maximum Gasteiger partial charge on any atom is 0.245 e. The fourth-order valence-corrected chi connectivity index (χ4v) is 16.4. The van der Waals surface area contributed by atoms with E-state index in [4.69, 9.17) is 46.0 Å². The number of rotatable bonds is 76. The number of carbonyl (C=O) groups is 17. The lowest BCUT2D eigenvalue weighted by Crippen LogP contribution is -2.61. The van der Waals surface area contributed by atoms with E-state index in [0.717, 1.165) is 0 Å². The third-order valence-corrected chi connectivity index (χ3v) is 23.7. The Morgan fingerprint density at radius 3 is 0.784 bits per heavy atom. The predicted molar refractivity (Wildman–Crippen MR) is 538 cm³/mol. The van der Waals surface area contributed by atoms with Crippen LogP contribution in [-0.4, -0.2) is 255 Å². The number of hydrogen-bond donors (Lipinski definition) is 24. The van der Waals surface area contributed by atoms with Crippen LogP contribution >= 0.6 is 0 Å². The molecular weight excluding hydrogens is 1790 g/mol. The van der Waals surface area contributed by atoms with E-state index in [1.807, 2.05) is 111 Å². The molecule has 0 bridgehead atoms. The molecule has 0 aliphatic carbocycles. The maximum atomic E-state index is 15.0. The molecule has 1 rings (SSSR count). The van der Waals surface area contributed by atoms with Gasteiger partial charge in [-0.3, -0.25) is 86.9 Å². The molecule has 17 amide bonds. The Bertz CT molecular complexity index is 3710. The number of unbranched alkanes of at least 4 members (excludes halogenated alkanes) is 8. The third-order valence-electron chi connectivity index (χ3n) is 23.7. The highest BCUT2D eigenvalue weighted by molar-refractivity contribution is 6.01. The van der Waals surface area contributed by atoms with Gasteiger partial charge in [-0.15, -0.1) is 0 Å². The van der Waals surface area contributed by atoms with Gasteiger partial charge in [0.15, 0.2) is 0 Å². The number of nitrogens with one attached hydrogen (secondary N) is 16. The van der Waals surface area contributed by atoms with Crippen LogP contribution in [0.2, 0.25) is 0 Å². The molecule has 800 valence electrons. The first-order valence-electron chi connectivity index (χ1n) is 51.5. The normalized spacial score (nSPS) is 15.7. The quantitative estimate of drug-likeness (QED) is 0.0171. The molecule has 42 nitrogen and oxygen atoms in total. The summed E-state index contributed by atoms with van der Waals surface area (Å²) in [5, 5.41) is 42.3. The van der Waals surface area contributed by atoms with Crippen molar-refractivity contribution in [2.24, 2.45) is 93.3 Å². The Hall–Kier alpha value is -9.33. The fourth-order valence-electron chi connectivity index (χ4n) is 16.4. The van der Waals surface area contributed by atoms with Crippen molar-refractivity contribution in [2.75, 3.05) is 58.9 Å². The van der Waals surface area contributed by atoms with Gasteiger partial charge in [0.1, 0.15) is 84.6 Å². The Kier molecular flexibility index (Phi) is 66.1. The number of amides is 17. The van der Waals surface area contributed by atoms with E-state index in [1.54, 1.807) is 0 Å². The first kappa shape index (κ1) is 128. The van der Waals surface area contributed by atoms with Crippen LogP contribution in [0.15, 0.2) is 0 Å². The first-order valence-corrected chi connectivity index (χ1v) is 51.5. The molecule has 0 saturated carbocycles. The Labute approximate surface area is 827 Å². The van der Waals surface area contributed by atoms with Gasteiger partial charge in [0.25, 0.3) is 0 Å². The zero-order valence-electron chi connectivity index (χ0n) is 86.8. The van der Waals surface area contributed by atoms with Crippen molar-refractivity contribution >= 4 is 100 Å². The van der Waals surface area contributed by atoms with E-state index in [-0.39, 0.29) is 182 Å². The Balaban J connectivity index is 3.74. The zero-order valence-corrected chi connectivity index (χ0v) is 86.8. The molecule has 42 heteroatoms. The number of carbonyl (C=O) groups excluding carboxylic acids is 17. The van der Waals surface area contributed by atoms with Crippen LogP contribution in [0.25, 0.3) is 0 Å². The van der Waals surface area contributed by atoms with E-state index in [2.05, 4.69) is 85.2 Å². The summed E-state index contributed by atoms with van der Waals surface area (Å²) >= 11 is 0. The zero-order chi connectivity index (χ0) is 105. The van der Waals surface area contributed by atoms with Crippen LogP contribution < -0.4 is 131 Å². The highest BCUT2D eigenvalue weighted by Gasteiger charge is 2.43. The summed E-state index contributed by atoms with van der Waals surface area (Å²) in [7, 11) is 0. The van der Waals surface area contributed by atoms with Gasteiger partial charge in [-0.25, -0.2) is 5.84 Å². The van der Waals surface area contributed by atoms with E-state index in [9.17, 15) is 76.7 Å². The van der Waals surface area contributed by atoms with Crippen molar-refractivity contribution in [1.82, 2.24) is 90.1 Å². The minimum atomic E-state index is -1.33. The van der Waals surface area contributed by atoms with Crippen LogP contribution in [0, 0.1) is 47.3 Å². The van der Waals surface area contributed by atoms with Crippen molar-refractivity contribution in [3.63, 3.8) is 0 Å². The molecule has 0 aromatic heterocycles. The van der Waals surface area contributed by atoms with Crippen LogP contribution in [0.3, 0.4) is 0 Å². The molecule has 0 unspecified atom stereocenters. The molecule has 139 heavy (non-hydrogen) atoms. The Morgan fingerprint density at radius 2 is 0.511 bits per heavy atom. The smallest absolute Gasteiger partial charge is 0.245 e. The summed E-state index contributed by atoms with van der Waals surface area (Å²) in [6.45, 7) is 31.3. The highest BCUT2D eigenvalue weighted by atomic mass is 16.2. The van der Waals surface area contributed by atoms with Crippen LogP contribution in [0.4, 0.5) is 0 Å². The summed E-state index contributed by atoms with van der Waals surface area (Å²) in [5.41, 5.74) is 43.6. The van der Waals surface area contributed by atoms with Gasteiger partial charge >= 0.3 is 0 Å². The molecule has 1 fully saturated rings. The number of hydrazine groups is 1. The van der Waals surface area contributed by atoms with Gasteiger partial charge in [-0.2, -0.15) is 0 Å². The van der Waals surface area contributed by atoms with Gasteiger partial charge in [-0.05, 0) is 279 Å². The van der Waals surface area contributed by atoms with Crippen molar-refractivity contribution in [2.45, 2.75) is 407 Å². The van der Waals surface area contributed by atoms with Crippen molar-refractivity contribution in [3.05, 3.63) is 0 Å². The summed E-state index contributed by atoms with van der Waals surface area (Å²) in [4.78, 5) is 245. The molecule has 0 spiro atoms. The molecule has 32 N–H and O–H groups in total. The molecular formula is C97H185N25O17. The summed E-state index contributed by atoms with van der Waals surface area (Å²) in [5.74, 6) is -7.40. The topological polar surface area (TPSA) is 694 Å². The molecule has 1 aliphatic heterocycles. The second-order valence-electron chi connectivity index (χ2n) is 40.8. The number of likely N-dealkylation sites (tertiary alicyclic amines) is 1. The van der Waals surface area contributed by atoms with Crippen molar-refractivity contribution < 1.29 is 81.5 Å². The standard InChI is InChI=1S/C97H185N25O17/c1-58(2)49-66(104)83(125)108-68(34-20-26-42-99)85(127)110-70(36-22-28-44-101)87(129)114-75(52-61(7)8)93(135)118-74(51-60(5)6)91(133)113-72(38-24-30-46-103)89(131)115-76(53-62(9)10)94(136)117-73(50-59(3)4)90(132)112-69(35-21-27-43-100)86(128)111-71(37-23-29-45-102)88(130)116-77(54-63(11)12)95(137)120-79(56-65(15)16)97(139)122-48-32-39-80(122)96(138)119-78(55-64(13)14)92(134)109-67(33-19-25-41-98)84(126)107-57-82(124)106-47-31-17-18-40-81(123)121-105/h58-80H,17-57,98-105H2,1-16H3,(H,106,124)(H,107,126)(H,108,125)(H,109,134)(H,110,127)(H,111,128)(H,112,132)(H,113,133)(H,114,129)(H,115,131)(H,116,130)(H,117,136)(H,118,135)(H,119,138)(H,120,137)(H,121,123)/t66-,67-,68-,69-,70-,71-,72-,73-,74-,75-,76-,77-,78-,79-,80-/m0/s1. The third kappa shape index (κ3) is 54.5. The van der Waals surface area contributed by atoms with Crippen LogP contribution in [-0.2, 0) is 81.5 Å². The van der Waals surface area contributed by atoms with Gasteiger partial charge < -0.3 is 125 Å². The van der Waals surface area contributed by atoms with Gasteiger partial charge in [0.05, 0.1) is 12.6 Å². The molecule has 1 saturated heterocycles. The molecule has 1 heterocycles. The number of hydrogen-bond acceptors (Lipinski definition) is 25. The molecule has 0 aromatic rings. The summed E-state index contributed by atoms with van der Waals surface area (Å²) in [6.07, 6.45) is 9.35. The van der Waals surface area contributed by atoms with Gasteiger partial charge in [-0.1, -0.05) is 117 Å². The van der Waals surface area contributed by atoms with E-state index >= 15 is 4.79 Å². The van der Waals surface area contributed by atoms with Gasteiger partial charge in [0, 0.05) is 19.5 Å². The fraction of sp³-hybridized carbons (Fsp3) is 0.825. The second kappa shape index (κ2) is 72.0. The molecule has 15 atom stereocenters. The summed E-state index contributed by atoms with van der Waals surface area (Å²) in [6, 6.07) is -18.1. The number of nitrogens with zero attached hydrogens (tertiary/aromatic N) is 1. The lowest BCUT2D eigenvalue weighted by molar-refractivity contribution is -0.143. The summed E-state index contributed by atoms with van der Waals surface area (Å²) < 4.78 is 0. The Morgan fingerprint density at radius 1 is 0.266 bits per heavy atom. The largest absolute Gasteiger partial charge is 0.355 e. The van der Waals surface area contributed by atoms with Crippen molar-refractivity contribution in [3.8, 4) is 0 Å². The molecule has 0 radical (unpaired) electrons. The van der Waals surface area contributed by atoms with Crippen LogP contribution in [0.5, 0.6) is 0 Å². The lowest BCUT2D eigenvalue weighted by atomic mass is 9.98. The first-order chi connectivity index (χ1) is 65.7. The monoisotopic (exact) mass is 1970 g/mol. The average molecular weight is 1970 g/mol. The van der Waals surface area contributed by atoms with E-state index in [0.29, 0.717) is 135 Å². The minimum absolute atomic E-state index is 0.0180. The average Bonchev–Trinajstić information content (AvgIpc) is 1.71. The van der Waals surface area contributed by atoms with E-state index < -0.39 is 185 Å². The van der Waals surface area contributed by atoms with E-state index in [1.165, 1.54) is 4.90 Å². The SMILES string of the molecule is CC(C)C[C@H](NC(=O)[C@H](CCCCN)NC(=O)[C@H](CC(C)C)NC(=O)[C@H](CC(C)C)NC(=O)[C@H](CCCCN)NC(=O)[C@H](CCCCN)NC(=O)[C@@H](N)CC(C)C)C(=O)N[C@@H](CC(C)C)C(=O)N[C@@H](CCCCN)C(=O)N[C@@H](CCCCN)C(=O)N[C@@H](CC(C)C)C(=O)N[C@@H](CC(C)C)C(=O)N1CCC[C@H]1C(=O)N[C@@H](CC(C)C)C(=O)N[C@@H](CCCCN)C(=O)NCC(=O)NCCCCCC(=O)NN. The minimum Gasteiger partial charge on any atom is -0.355 e. The van der Waals surface area contributed by atoms with Gasteiger partial charge in [0.2, 0.25) is 100 Å². The second-order valence-corrected chi connectivity index (χ2v) is 40.8. The molecule has 0 aromatic carbocycles.